The Balaban J connectivity index is 1.42. The number of nitrogens with zero attached hydrogens (tertiary/aromatic N) is 2. The topological polar surface area (TPSA) is 102 Å². The minimum atomic E-state index is -2.65. The highest BCUT2D eigenvalue weighted by Gasteiger charge is 2.46. The molecule has 3 atom stereocenters. The van der Waals surface area contributed by atoms with E-state index in [1.807, 2.05) is 6.92 Å². The lowest BCUT2D eigenvalue weighted by molar-refractivity contribution is -0.134. The van der Waals surface area contributed by atoms with Crippen LogP contribution in [0.5, 0.6) is 0 Å². The van der Waals surface area contributed by atoms with Gasteiger partial charge >= 0.3 is 0 Å². The molecule has 0 aliphatic heterocycles. The first-order valence-electron chi connectivity index (χ1n) is 10.7. The van der Waals surface area contributed by atoms with Crippen LogP contribution in [-0.4, -0.2) is 33.6 Å². The van der Waals surface area contributed by atoms with Crippen molar-refractivity contribution in [1.29, 1.82) is 0 Å². The number of hydrogen-bond donors (Lipinski definition) is 3. The van der Waals surface area contributed by atoms with Crippen molar-refractivity contribution in [3.05, 3.63) is 41.0 Å². The molecule has 0 bridgehead atoms. The molecule has 0 unspecified atom stereocenters. The maximum atomic E-state index is 13.0. The number of halogens is 3. The van der Waals surface area contributed by atoms with E-state index in [4.69, 9.17) is 17.3 Å². The summed E-state index contributed by atoms with van der Waals surface area (Å²) in [7, 11) is 0. The third kappa shape index (κ3) is 4.87. The highest BCUT2D eigenvalue weighted by Crippen LogP contribution is 2.40. The van der Waals surface area contributed by atoms with Crippen LogP contribution >= 0.6 is 11.6 Å². The Bertz CT molecular complexity index is 1000. The maximum absolute atomic E-state index is 13.0. The molecule has 2 fully saturated rings. The van der Waals surface area contributed by atoms with Crippen molar-refractivity contribution in [2.45, 2.75) is 57.0 Å². The average molecular weight is 466 g/mol. The smallest absolute Gasteiger partial charge is 0.254 e. The van der Waals surface area contributed by atoms with Gasteiger partial charge in [-0.05, 0) is 49.4 Å². The fourth-order valence-electron chi connectivity index (χ4n) is 4.60. The number of nitrogens with one attached hydrogen (secondary N) is 2. The molecule has 7 nitrogen and oxygen atoms in total. The number of aromatic nitrogens is 2. The summed E-state index contributed by atoms with van der Waals surface area (Å²) < 4.78 is 27.8. The first kappa shape index (κ1) is 22.5. The molecule has 0 spiro atoms. The van der Waals surface area contributed by atoms with Gasteiger partial charge < -0.3 is 16.4 Å². The zero-order valence-electron chi connectivity index (χ0n) is 17.7. The summed E-state index contributed by atoms with van der Waals surface area (Å²) in [4.78, 5) is 24.5. The molecule has 1 aromatic carbocycles. The van der Waals surface area contributed by atoms with Crippen LogP contribution in [0, 0.1) is 11.8 Å². The average Bonchev–Trinajstić information content (AvgIpc) is 3.12. The summed E-state index contributed by atoms with van der Waals surface area (Å²) in [6.45, 7) is 2.03. The second-order valence-electron chi connectivity index (χ2n) is 8.89. The molecule has 4 rings (SSSR count). The lowest BCUT2D eigenvalue weighted by atomic mass is 9.78. The van der Waals surface area contributed by atoms with Gasteiger partial charge in [0.1, 0.15) is 5.56 Å². The van der Waals surface area contributed by atoms with Gasteiger partial charge in [0, 0.05) is 41.7 Å². The molecule has 2 aromatic rings. The Labute approximate surface area is 189 Å². The van der Waals surface area contributed by atoms with Crippen LogP contribution in [-0.2, 0) is 4.79 Å². The SMILES string of the molecule is C[C@H]1C[C@@H](C(=O)NC2CC(F)(F)C2)CC[C@@H]1n1cc(C(N)=O)c(Nc2ccc(Cl)cc2)n1. The summed E-state index contributed by atoms with van der Waals surface area (Å²) in [5, 5.41) is 11.0. The number of nitrogens with two attached hydrogens (primary N) is 1. The summed E-state index contributed by atoms with van der Waals surface area (Å²) in [5.41, 5.74) is 6.55. The van der Waals surface area contributed by atoms with Crippen molar-refractivity contribution in [1.82, 2.24) is 15.1 Å². The molecule has 4 N–H and O–H groups in total. The minimum absolute atomic E-state index is 0.00838. The quantitative estimate of drug-likeness (QED) is 0.592. The van der Waals surface area contributed by atoms with Crippen molar-refractivity contribution in [3.8, 4) is 0 Å². The van der Waals surface area contributed by atoms with E-state index in [0.717, 1.165) is 5.69 Å². The molecule has 1 aromatic heterocycles. The Morgan fingerprint density at radius 2 is 1.91 bits per heavy atom. The van der Waals surface area contributed by atoms with Crippen molar-refractivity contribution in [2.24, 2.45) is 17.6 Å². The van der Waals surface area contributed by atoms with E-state index in [9.17, 15) is 18.4 Å². The standard InChI is InChI=1S/C22H26ClF2N5O2/c1-12-8-13(21(32)28-16-9-22(24,25)10-16)2-7-18(12)30-11-17(19(26)31)20(29-30)27-15-5-3-14(23)4-6-15/h3-6,11-13,16,18H,2,7-10H2,1H3,(H2,26,31)(H,27,29)(H,28,32)/t12-,13-,18-/m0/s1. The van der Waals surface area contributed by atoms with Crippen LogP contribution in [0.3, 0.4) is 0 Å². The van der Waals surface area contributed by atoms with E-state index < -0.39 is 17.9 Å². The lowest BCUT2D eigenvalue weighted by Crippen LogP contribution is -2.52. The number of hydrogen-bond acceptors (Lipinski definition) is 4. The van der Waals surface area contributed by atoms with E-state index in [-0.39, 0.29) is 42.2 Å². The number of amides is 2. The van der Waals surface area contributed by atoms with Crippen LogP contribution in [0.1, 0.15) is 55.4 Å². The van der Waals surface area contributed by atoms with Crippen molar-refractivity contribution in [2.75, 3.05) is 5.32 Å². The fraction of sp³-hybridized carbons (Fsp3) is 0.500. The van der Waals surface area contributed by atoms with Gasteiger partial charge in [-0.3, -0.25) is 14.3 Å². The van der Waals surface area contributed by atoms with Crippen molar-refractivity contribution in [3.63, 3.8) is 0 Å². The molecular weight excluding hydrogens is 440 g/mol. The molecule has 2 amide bonds. The van der Waals surface area contributed by atoms with Gasteiger partial charge in [0.2, 0.25) is 5.91 Å². The largest absolute Gasteiger partial charge is 0.365 e. The predicted octanol–water partition coefficient (Wildman–Crippen LogP) is 4.27. The maximum Gasteiger partial charge on any atom is 0.254 e. The molecule has 0 radical (unpaired) electrons. The van der Waals surface area contributed by atoms with Gasteiger partial charge in [0.05, 0.1) is 6.04 Å². The third-order valence-corrected chi connectivity index (χ3v) is 6.63. The zero-order valence-corrected chi connectivity index (χ0v) is 18.4. The van der Waals surface area contributed by atoms with E-state index in [2.05, 4.69) is 15.7 Å². The molecule has 2 aliphatic rings. The fourth-order valence-corrected chi connectivity index (χ4v) is 4.72. The number of carbonyl (C=O) groups excluding carboxylic acids is 2. The van der Waals surface area contributed by atoms with Crippen LogP contribution in [0.25, 0.3) is 0 Å². The normalized spacial score (nSPS) is 25.1. The van der Waals surface area contributed by atoms with E-state index in [1.54, 1.807) is 35.1 Å². The Morgan fingerprint density at radius 3 is 2.50 bits per heavy atom. The molecule has 172 valence electrons. The summed E-state index contributed by atoms with van der Waals surface area (Å²) in [6, 6.07) is 6.56. The van der Waals surface area contributed by atoms with Crippen LogP contribution in [0.15, 0.2) is 30.5 Å². The number of alkyl halides is 2. The highest BCUT2D eigenvalue weighted by molar-refractivity contribution is 6.30. The summed E-state index contributed by atoms with van der Waals surface area (Å²) >= 11 is 5.92. The van der Waals surface area contributed by atoms with Crippen molar-refractivity contribution < 1.29 is 18.4 Å². The lowest BCUT2D eigenvalue weighted by Gasteiger charge is -2.38. The molecular formula is C22H26ClF2N5O2. The van der Waals surface area contributed by atoms with Gasteiger partial charge in [0.15, 0.2) is 5.82 Å². The van der Waals surface area contributed by atoms with Gasteiger partial charge in [-0.2, -0.15) is 5.10 Å². The summed E-state index contributed by atoms with van der Waals surface area (Å²) in [5.74, 6) is -3.15. The van der Waals surface area contributed by atoms with Crippen LogP contribution in [0.4, 0.5) is 20.3 Å². The van der Waals surface area contributed by atoms with Crippen LogP contribution < -0.4 is 16.4 Å². The third-order valence-electron chi connectivity index (χ3n) is 6.38. The number of benzene rings is 1. The van der Waals surface area contributed by atoms with E-state index in [1.165, 1.54) is 0 Å². The van der Waals surface area contributed by atoms with Crippen LogP contribution in [0.2, 0.25) is 5.02 Å². The number of rotatable bonds is 6. The number of carbonyl (C=O) groups is 2. The molecule has 2 saturated carbocycles. The Kier molecular flexibility index (Phi) is 6.11. The Morgan fingerprint density at radius 1 is 1.22 bits per heavy atom. The molecule has 0 saturated heterocycles. The second kappa shape index (κ2) is 8.69. The van der Waals surface area contributed by atoms with Gasteiger partial charge in [0.25, 0.3) is 11.8 Å². The number of primary amides is 1. The van der Waals surface area contributed by atoms with Crippen molar-refractivity contribution >= 4 is 34.9 Å². The first-order valence-corrected chi connectivity index (χ1v) is 11.1. The first-order chi connectivity index (χ1) is 15.1. The van der Waals surface area contributed by atoms with E-state index >= 15 is 0 Å². The monoisotopic (exact) mass is 465 g/mol. The predicted molar refractivity (Wildman–Crippen MR) is 117 cm³/mol. The highest BCUT2D eigenvalue weighted by atomic mass is 35.5. The molecule has 32 heavy (non-hydrogen) atoms. The molecule has 10 heteroatoms. The van der Waals surface area contributed by atoms with E-state index in [0.29, 0.717) is 30.1 Å². The van der Waals surface area contributed by atoms with Gasteiger partial charge in [-0.25, -0.2) is 8.78 Å². The number of anilines is 2. The zero-order chi connectivity index (χ0) is 23.0. The van der Waals surface area contributed by atoms with Gasteiger partial charge in [-0.1, -0.05) is 18.5 Å². The Hall–Kier alpha value is -2.68. The minimum Gasteiger partial charge on any atom is -0.365 e. The summed E-state index contributed by atoms with van der Waals surface area (Å²) in [6.07, 6.45) is 2.99. The second-order valence-corrected chi connectivity index (χ2v) is 9.33. The molecule has 1 heterocycles. The molecule has 2 aliphatic carbocycles. The van der Waals surface area contributed by atoms with Gasteiger partial charge in [-0.15, -0.1) is 0 Å².